The summed E-state index contributed by atoms with van der Waals surface area (Å²) in [5, 5.41) is 3.48. The molecule has 1 fully saturated rings. The molecule has 31 heavy (non-hydrogen) atoms. The zero-order chi connectivity index (χ0) is 21.8. The fourth-order valence-corrected chi connectivity index (χ4v) is 4.29. The molecule has 2 heterocycles. The Bertz CT molecular complexity index is 1170. The Labute approximate surface area is 186 Å². The van der Waals surface area contributed by atoms with E-state index in [-0.39, 0.29) is 24.4 Å². The topological polar surface area (TPSA) is 70.1 Å². The van der Waals surface area contributed by atoms with Crippen LogP contribution in [0.2, 0.25) is 0 Å². The molecule has 1 aliphatic heterocycles. The lowest BCUT2D eigenvalue weighted by Crippen LogP contribution is -2.32. The van der Waals surface area contributed by atoms with Crippen molar-refractivity contribution in [1.29, 1.82) is 0 Å². The van der Waals surface area contributed by atoms with Gasteiger partial charge in [0.05, 0.1) is 10.9 Å². The van der Waals surface area contributed by atoms with Crippen LogP contribution in [0.4, 0.5) is 5.69 Å². The van der Waals surface area contributed by atoms with E-state index in [1.54, 1.807) is 6.07 Å². The van der Waals surface area contributed by atoms with E-state index in [9.17, 15) is 9.59 Å². The Balaban J connectivity index is 1.33. The molecule has 1 aromatic heterocycles. The van der Waals surface area contributed by atoms with Crippen LogP contribution in [0, 0.1) is 10.7 Å². The number of nitrogens with one attached hydrogen (secondary N) is 2. The summed E-state index contributed by atoms with van der Waals surface area (Å²) >= 11 is 5.31. The Morgan fingerprint density at radius 2 is 1.84 bits per heavy atom. The normalized spacial score (nSPS) is 15.3. The molecule has 0 unspecified atom stereocenters. The predicted molar refractivity (Wildman–Crippen MR) is 127 cm³/mol. The Kier molecular flexibility index (Phi) is 6.63. The Morgan fingerprint density at radius 1 is 1.13 bits per heavy atom. The number of nitrogens with zero attached hydrogens (tertiary/aromatic N) is 2. The van der Waals surface area contributed by atoms with Crippen LogP contribution in [0.15, 0.2) is 53.3 Å². The number of carbonyl (C=O) groups is 1. The lowest BCUT2D eigenvalue weighted by molar-refractivity contribution is -0.116. The van der Waals surface area contributed by atoms with Gasteiger partial charge >= 0.3 is 0 Å². The van der Waals surface area contributed by atoms with E-state index in [4.69, 9.17) is 12.2 Å². The van der Waals surface area contributed by atoms with Gasteiger partial charge in [-0.05, 0) is 73.9 Å². The number of amides is 1. The van der Waals surface area contributed by atoms with Crippen LogP contribution in [0.1, 0.15) is 31.7 Å². The highest BCUT2D eigenvalue weighted by Gasteiger charge is 2.15. The van der Waals surface area contributed by atoms with Gasteiger partial charge in [-0.25, -0.2) is 0 Å². The quantitative estimate of drug-likeness (QED) is 0.565. The molecule has 0 aliphatic carbocycles. The molecule has 0 bridgehead atoms. The SMILES string of the molecule is CC1CCN(Cc2ccc(NC(=O)CCn3c(=S)[nH]c4ccccc4c3=O)cc2)CC1. The second-order valence-corrected chi connectivity index (χ2v) is 8.77. The zero-order valence-electron chi connectivity index (χ0n) is 17.8. The summed E-state index contributed by atoms with van der Waals surface area (Å²) in [4.78, 5) is 30.6. The number of hydrogen-bond acceptors (Lipinski definition) is 4. The van der Waals surface area contributed by atoms with Crippen molar-refractivity contribution in [2.24, 2.45) is 5.92 Å². The molecule has 4 rings (SSSR count). The standard InChI is InChI=1S/C24H28N4O2S/c1-17-10-13-27(14-11-17)16-18-6-8-19(9-7-18)25-22(29)12-15-28-23(30)20-4-2-3-5-21(20)26-24(28)31/h2-9,17H,10-16H2,1H3,(H,25,29)(H,26,31). The third-order valence-electron chi connectivity index (χ3n) is 5.97. The van der Waals surface area contributed by atoms with Crippen molar-refractivity contribution in [2.45, 2.75) is 39.3 Å². The van der Waals surface area contributed by atoms with Crippen LogP contribution in [0.25, 0.3) is 10.9 Å². The van der Waals surface area contributed by atoms with E-state index in [0.29, 0.717) is 15.7 Å². The van der Waals surface area contributed by atoms with Crippen LogP contribution < -0.4 is 10.9 Å². The monoisotopic (exact) mass is 436 g/mol. The van der Waals surface area contributed by atoms with Gasteiger partial charge in [0.1, 0.15) is 0 Å². The Hall–Kier alpha value is -2.77. The number of H-pyrrole nitrogens is 1. The van der Waals surface area contributed by atoms with Gasteiger partial charge in [0.25, 0.3) is 5.56 Å². The molecule has 0 saturated carbocycles. The molecule has 2 N–H and O–H groups in total. The van der Waals surface area contributed by atoms with Gasteiger partial charge in [-0.1, -0.05) is 31.2 Å². The molecular formula is C24H28N4O2S. The second kappa shape index (κ2) is 9.58. The smallest absolute Gasteiger partial charge is 0.262 e. The summed E-state index contributed by atoms with van der Waals surface area (Å²) in [6, 6.07) is 15.2. The van der Waals surface area contributed by atoms with E-state index in [2.05, 4.69) is 34.3 Å². The summed E-state index contributed by atoms with van der Waals surface area (Å²) in [6.45, 7) is 5.80. The summed E-state index contributed by atoms with van der Waals surface area (Å²) in [7, 11) is 0. The summed E-state index contributed by atoms with van der Waals surface area (Å²) in [5.74, 6) is 0.682. The summed E-state index contributed by atoms with van der Waals surface area (Å²) in [6.07, 6.45) is 2.69. The van der Waals surface area contributed by atoms with Crippen molar-refractivity contribution in [2.75, 3.05) is 18.4 Å². The fraction of sp³-hybridized carbons (Fsp3) is 0.375. The molecular weight excluding hydrogens is 408 g/mol. The van der Waals surface area contributed by atoms with Gasteiger partial charge in [-0.15, -0.1) is 0 Å². The first kappa shape index (κ1) is 21.5. The van der Waals surface area contributed by atoms with E-state index < -0.39 is 0 Å². The number of para-hydroxylation sites is 1. The van der Waals surface area contributed by atoms with Crippen LogP contribution in [-0.4, -0.2) is 33.4 Å². The number of piperidine rings is 1. The molecule has 0 spiro atoms. The number of anilines is 1. The fourth-order valence-electron chi connectivity index (χ4n) is 4.01. The third kappa shape index (κ3) is 5.29. The lowest BCUT2D eigenvalue weighted by atomic mass is 9.99. The molecule has 1 aliphatic rings. The number of aromatic amines is 1. The maximum Gasteiger partial charge on any atom is 0.262 e. The van der Waals surface area contributed by atoms with Gasteiger partial charge < -0.3 is 10.3 Å². The van der Waals surface area contributed by atoms with Crippen LogP contribution in [0.5, 0.6) is 0 Å². The van der Waals surface area contributed by atoms with Crippen molar-refractivity contribution in [3.8, 4) is 0 Å². The van der Waals surface area contributed by atoms with Crippen molar-refractivity contribution < 1.29 is 4.79 Å². The molecule has 0 radical (unpaired) electrons. The number of rotatable bonds is 6. The Morgan fingerprint density at radius 3 is 2.58 bits per heavy atom. The highest BCUT2D eigenvalue weighted by atomic mass is 32.1. The number of benzene rings is 2. The first-order valence-electron chi connectivity index (χ1n) is 10.8. The number of likely N-dealkylation sites (tertiary alicyclic amines) is 1. The van der Waals surface area contributed by atoms with Crippen LogP contribution in [-0.2, 0) is 17.9 Å². The number of fused-ring (bicyclic) bond motifs is 1. The highest BCUT2D eigenvalue weighted by Crippen LogP contribution is 2.19. The maximum atomic E-state index is 12.7. The second-order valence-electron chi connectivity index (χ2n) is 8.39. The minimum atomic E-state index is -0.177. The average molecular weight is 437 g/mol. The first-order valence-corrected chi connectivity index (χ1v) is 11.2. The van der Waals surface area contributed by atoms with Gasteiger partial charge in [-0.2, -0.15) is 0 Å². The predicted octanol–water partition coefficient (Wildman–Crippen LogP) is 4.32. The van der Waals surface area contributed by atoms with Gasteiger partial charge in [-0.3, -0.25) is 19.1 Å². The van der Waals surface area contributed by atoms with E-state index in [1.165, 1.54) is 23.0 Å². The van der Waals surface area contributed by atoms with Gasteiger partial charge in [0.2, 0.25) is 5.91 Å². The van der Waals surface area contributed by atoms with Gasteiger partial charge in [0, 0.05) is 25.2 Å². The summed E-state index contributed by atoms with van der Waals surface area (Å²) < 4.78 is 1.77. The van der Waals surface area contributed by atoms with Crippen molar-refractivity contribution in [3.63, 3.8) is 0 Å². The zero-order valence-corrected chi connectivity index (χ0v) is 18.6. The number of carbonyl (C=O) groups excluding carboxylic acids is 1. The van der Waals surface area contributed by atoms with E-state index in [1.807, 2.05) is 30.3 Å². The minimum absolute atomic E-state index is 0.146. The van der Waals surface area contributed by atoms with E-state index >= 15 is 0 Å². The van der Waals surface area contributed by atoms with Crippen molar-refractivity contribution in [3.05, 3.63) is 69.2 Å². The average Bonchev–Trinajstić information content (AvgIpc) is 2.76. The molecule has 3 aromatic rings. The third-order valence-corrected chi connectivity index (χ3v) is 6.29. The maximum absolute atomic E-state index is 12.7. The van der Waals surface area contributed by atoms with Gasteiger partial charge in [0.15, 0.2) is 4.77 Å². The molecule has 6 nitrogen and oxygen atoms in total. The molecule has 1 saturated heterocycles. The molecule has 2 aromatic carbocycles. The molecule has 1 amide bonds. The highest BCUT2D eigenvalue weighted by molar-refractivity contribution is 7.71. The van der Waals surface area contributed by atoms with Crippen LogP contribution >= 0.6 is 12.2 Å². The summed E-state index contributed by atoms with van der Waals surface area (Å²) in [5.41, 5.74) is 2.54. The minimum Gasteiger partial charge on any atom is -0.332 e. The van der Waals surface area contributed by atoms with E-state index in [0.717, 1.165) is 31.2 Å². The van der Waals surface area contributed by atoms with Crippen molar-refractivity contribution in [1.82, 2.24) is 14.5 Å². The molecule has 7 heteroatoms. The van der Waals surface area contributed by atoms with Crippen LogP contribution in [0.3, 0.4) is 0 Å². The number of aromatic nitrogens is 2. The largest absolute Gasteiger partial charge is 0.332 e. The lowest BCUT2D eigenvalue weighted by Gasteiger charge is -2.30. The number of hydrogen-bond donors (Lipinski definition) is 2. The molecule has 162 valence electrons. The first-order chi connectivity index (χ1) is 15.0. The molecule has 0 atom stereocenters. The van der Waals surface area contributed by atoms with Crippen molar-refractivity contribution >= 4 is 34.7 Å².